The monoisotopic (exact) mass is 1030 g/mol. The average Bonchev–Trinajstić information content (AvgIpc) is 3.26. The summed E-state index contributed by atoms with van der Waals surface area (Å²) in [5.74, 6) is 1.25. The fourth-order valence-corrected chi connectivity index (χ4v) is 10.9. The van der Waals surface area contributed by atoms with Crippen molar-refractivity contribution in [3.63, 3.8) is 0 Å². The van der Waals surface area contributed by atoms with E-state index in [2.05, 4.69) is 251 Å². The molecule has 0 bridgehead atoms. The molecule has 0 spiro atoms. The van der Waals surface area contributed by atoms with Gasteiger partial charge in [-0.1, -0.05) is 251 Å². The van der Waals surface area contributed by atoms with Crippen LogP contribution in [0.2, 0.25) is 0 Å². The number of benzene rings is 6. The third-order valence-electron chi connectivity index (χ3n) is 14.8. The minimum absolute atomic E-state index is 0.115. The van der Waals surface area contributed by atoms with Crippen molar-refractivity contribution >= 4 is 18.1 Å². The van der Waals surface area contributed by atoms with Gasteiger partial charge in [0.25, 0.3) is 0 Å². The molecule has 2 atom stereocenters. The highest BCUT2D eigenvalue weighted by Crippen LogP contribution is 2.61. The molecule has 0 aliphatic rings. The fourth-order valence-electron chi connectivity index (χ4n) is 10.4. The molecule has 0 saturated heterocycles. The second kappa shape index (κ2) is 20.6. The summed E-state index contributed by atoms with van der Waals surface area (Å²) in [5, 5.41) is 0. The number of hydrogen-bond acceptors (Lipinski definition) is 4. The van der Waals surface area contributed by atoms with Gasteiger partial charge in [-0.05, 0) is 133 Å². The first kappa shape index (κ1) is 59.0. The van der Waals surface area contributed by atoms with Gasteiger partial charge in [-0.3, -0.25) is 0 Å². The Hall–Kier alpha value is -4.30. The van der Waals surface area contributed by atoms with Gasteiger partial charge in [0.15, 0.2) is 0 Å². The Kier molecular flexibility index (Phi) is 16.4. The lowest BCUT2D eigenvalue weighted by atomic mass is 9.68. The van der Waals surface area contributed by atoms with E-state index in [0.29, 0.717) is 11.5 Å². The Labute approximate surface area is 452 Å². The van der Waals surface area contributed by atoms with Crippen molar-refractivity contribution in [3.8, 4) is 67.1 Å². The first-order chi connectivity index (χ1) is 33.7. The molecule has 6 heteroatoms. The predicted octanol–water partition coefficient (Wildman–Crippen LogP) is 20.2. The standard InChI is InChI=1S/C68H92O4P2/c1-61(2,3)42-27-33-47(51(37-42)65(13,14)15)56-55(41-25-31-46(32-26-41)71-73-69)57(48-34-28-43(62(4,5)6)38-52(48)66(16,17)18)59(50-36-30-45(64(10,11)12)40-54(50)68(22,23)24)60(72-74-70)58(56)49-35-29-44(63(7,8)9)39-53(49)67(19,20)21/h25-40,69-70,73-74H,1-24H3. The van der Waals surface area contributed by atoms with Crippen LogP contribution >= 0.6 is 18.1 Å². The van der Waals surface area contributed by atoms with Crippen LogP contribution in [0, 0.1) is 0 Å². The van der Waals surface area contributed by atoms with Crippen LogP contribution in [-0.4, -0.2) is 9.79 Å². The summed E-state index contributed by atoms with van der Waals surface area (Å²) in [7, 11) is -1.54. The molecule has 0 saturated carbocycles. The van der Waals surface area contributed by atoms with Gasteiger partial charge in [-0.2, -0.15) is 0 Å². The second-order valence-corrected chi connectivity index (χ2v) is 29.9. The second-order valence-electron chi connectivity index (χ2n) is 29.2. The van der Waals surface area contributed by atoms with E-state index >= 15 is 0 Å². The van der Waals surface area contributed by atoms with Crippen LogP contribution < -0.4 is 9.05 Å². The van der Waals surface area contributed by atoms with Crippen molar-refractivity contribution in [2.75, 3.05) is 0 Å². The normalized spacial score (nSPS) is 13.7. The van der Waals surface area contributed by atoms with Crippen LogP contribution in [0.1, 0.15) is 211 Å². The molecular weight excluding hydrogens is 943 g/mol. The van der Waals surface area contributed by atoms with Crippen molar-refractivity contribution in [2.24, 2.45) is 0 Å². The van der Waals surface area contributed by atoms with Gasteiger partial charge in [0.2, 0.25) is 18.1 Å². The molecule has 0 aliphatic carbocycles. The van der Waals surface area contributed by atoms with Gasteiger partial charge < -0.3 is 18.8 Å². The van der Waals surface area contributed by atoms with E-state index in [-0.39, 0.29) is 43.3 Å². The van der Waals surface area contributed by atoms with E-state index in [1.807, 2.05) is 12.1 Å². The minimum atomic E-state index is -0.855. The maximum Gasteiger partial charge on any atom is 0.212 e. The average molecular weight is 1040 g/mol. The fraction of sp³-hybridized carbons (Fsp3) is 0.471. The maximum atomic E-state index is 11.7. The van der Waals surface area contributed by atoms with Gasteiger partial charge >= 0.3 is 0 Å². The molecule has 0 aromatic heterocycles. The first-order valence-electron chi connectivity index (χ1n) is 26.8. The summed E-state index contributed by atoms with van der Waals surface area (Å²) in [6.45, 7) is 55.4. The van der Waals surface area contributed by atoms with Crippen molar-refractivity contribution in [3.05, 3.63) is 142 Å². The molecule has 0 aliphatic heterocycles. The molecule has 0 amide bonds. The lowest BCUT2D eigenvalue weighted by molar-refractivity contribution is 0.514. The van der Waals surface area contributed by atoms with Crippen LogP contribution in [0.5, 0.6) is 11.5 Å². The van der Waals surface area contributed by atoms with Crippen LogP contribution in [0.25, 0.3) is 55.6 Å². The van der Waals surface area contributed by atoms with E-state index in [4.69, 9.17) is 9.05 Å². The smallest absolute Gasteiger partial charge is 0.212 e. The van der Waals surface area contributed by atoms with E-state index in [1.54, 1.807) is 0 Å². The Bertz CT molecular complexity index is 2830. The SMILES string of the molecule is CC(C)(C)c1ccc(-c2c(OPO)c(-c3ccc(C(C)(C)C)cc3C(C)(C)C)c(-c3ccc(C(C)(C)C)cc3C(C)(C)C)c(-c3ccc(OPO)cc3)c2-c2ccc(C(C)(C)C)cc2C(C)(C)C)c(C(C)(C)C)c1. The van der Waals surface area contributed by atoms with Crippen LogP contribution in [0.15, 0.2) is 97.1 Å². The summed E-state index contributed by atoms with van der Waals surface area (Å²) in [5.41, 5.74) is 18.5. The maximum absolute atomic E-state index is 11.7. The molecule has 0 fully saturated rings. The molecule has 2 unspecified atom stereocenters. The third kappa shape index (κ3) is 12.4. The summed E-state index contributed by atoms with van der Waals surface area (Å²) >= 11 is 0. The quantitative estimate of drug-likeness (QED) is 0.142. The van der Waals surface area contributed by atoms with Gasteiger partial charge in [0, 0.05) is 22.3 Å². The Balaban J connectivity index is 2.19. The van der Waals surface area contributed by atoms with Crippen molar-refractivity contribution in [1.29, 1.82) is 0 Å². The van der Waals surface area contributed by atoms with Crippen LogP contribution in [0.3, 0.4) is 0 Å². The van der Waals surface area contributed by atoms with Gasteiger partial charge in [0.1, 0.15) is 11.5 Å². The van der Waals surface area contributed by atoms with E-state index in [9.17, 15) is 9.79 Å². The summed E-state index contributed by atoms with van der Waals surface area (Å²) in [6.07, 6.45) is 0. The molecule has 0 heterocycles. The minimum Gasteiger partial charge on any atom is -0.450 e. The topological polar surface area (TPSA) is 58.9 Å². The Morgan fingerprint density at radius 1 is 0.284 bits per heavy atom. The largest absolute Gasteiger partial charge is 0.450 e. The number of rotatable bonds is 9. The third-order valence-corrected chi connectivity index (χ3v) is 15.4. The van der Waals surface area contributed by atoms with E-state index in [0.717, 1.165) is 55.6 Å². The zero-order valence-corrected chi connectivity index (χ0v) is 51.9. The van der Waals surface area contributed by atoms with E-state index in [1.165, 1.54) is 44.5 Å². The molecule has 4 nitrogen and oxygen atoms in total. The van der Waals surface area contributed by atoms with Gasteiger partial charge in [0.05, 0.1) is 0 Å². The van der Waals surface area contributed by atoms with Crippen molar-refractivity contribution in [1.82, 2.24) is 0 Å². The first-order valence-corrected chi connectivity index (χ1v) is 28.5. The highest BCUT2D eigenvalue weighted by molar-refractivity contribution is 7.25. The Morgan fingerprint density at radius 2 is 0.541 bits per heavy atom. The number of hydrogen-bond donors (Lipinski definition) is 2. The molecular formula is C68H92O4P2. The van der Waals surface area contributed by atoms with Crippen LogP contribution in [-0.2, 0) is 43.3 Å². The van der Waals surface area contributed by atoms with Crippen molar-refractivity contribution in [2.45, 2.75) is 209 Å². The summed E-state index contributed by atoms with van der Waals surface area (Å²) in [6, 6.07) is 36.7. The highest BCUT2D eigenvalue weighted by atomic mass is 31.1. The molecule has 6 rings (SSSR count). The molecule has 0 radical (unpaired) electrons. The van der Waals surface area contributed by atoms with E-state index < -0.39 is 18.1 Å². The molecule has 6 aromatic rings. The highest BCUT2D eigenvalue weighted by Gasteiger charge is 2.38. The van der Waals surface area contributed by atoms with Gasteiger partial charge in [-0.15, -0.1) is 0 Å². The summed E-state index contributed by atoms with van der Waals surface area (Å²) in [4.78, 5) is 21.8. The van der Waals surface area contributed by atoms with Crippen molar-refractivity contribution < 1.29 is 18.8 Å². The van der Waals surface area contributed by atoms with Crippen LogP contribution in [0.4, 0.5) is 0 Å². The molecule has 2 N–H and O–H groups in total. The molecule has 398 valence electrons. The molecule has 6 aromatic carbocycles. The summed E-state index contributed by atoms with van der Waals surface area (Å²) < 4.78 is 13.0. The lowest BCUT2D eigenvalue weighted by Gasteiger charge is -2.36. The zero-order valence-electron chi connectivity index (χ0n) is 49.9. The van der Waals surface area contributed by atoms with Gasteiger partial charge in [-0.25, -0.2) is 0 Å². The predicted molar refractivity (Wildman–Crippen MR) is 326 cm³/mol. The lowest BCUT2D eigenvalue weighted by Crippen LogP contribution is -2.20. The molecule has 74 heavy (non-hydrogen) atoms. The zero-order chi connectivity index (χ0) is 55.7. The Morgan fingerprint density at radius 3 is 0.770 bits per heavy atom.